The molecule has 7 nitrogen and oxygen atoms in total. The summed E-state index contributed by atoms with van der Waals surface area (Å²) in [6.45, 7) is 7.24. The van der Waals surface area contributed by atoms with Gasteiger partial charge in [-0.05, 0) is 48.6 Å². The van der Waals surface area contributed by atoms with Crippen LogP contribution in [0.15, 0.2) is 48.7 Å². The molecule has 0 saturated heterocycles. The van der Waals surface area contributed by atoms with Gasteiger partial charge in [0.2, 0.25) is 5.95 Å². The van der Waals surface area contributed by atoms with Crippen molar-refractivity contribution < 1.29 is 19.8 Å². The van der Waals surface area contributed by atoms with Gasteiger partial charge in [-0.2, -0.15) is 0 Å². The van der Waals surface area contributed by atoms with Crippen molar-refractivity contribution in [2.75, 3.05) is 5.32 Å². The summed E-state index contributed by atoms with van der Waals surface area (Å²) in [6.07, 6.45) is 3.01. The van der Waals surface area contributed by atoms with Crippen molar-refractivity contribution >= 4 is 17.9 Å². The monoisotopic (exact) mass is 409 g/mol. The first-order chi connectivity index (χ1) is 14.2. The van der Waals surface area contributed by atoms with Gasteiger partial charge in [0.05, 0.1) is 11.9 Å². The topological polar surface area (TPSA) is 104 Å². The summed E-state index contributed by atoms with van der Waals surface area (Å²) in [7, 11) is 2.06. The molecule has 3 rings (SSSR count). The molecule has 1 aromatic heterocycles. The van der Waals surface area contributed by atoms with E-state index in [0.717, 1.165) is 24.6 Å². The van der Waals surface area contributed by atoms with Crippen LogP contribution in [0.3, 0.4) is 0 Å². The third-order valence-corrected chi connectivity index (χ3v) is 4.86. The summed E-state index contributed by atoms with van der Waals surface area (Å²) in [5.41, 5.74) is 7.58. The third-order valence-electron chi connectivity index (χ3n) is 4.86. The van der Waals surface area contributed by atoms with Gasteiger partial charge in [0.15, 0.2) is 0 Å². The average molecular weight is 409 g/mol. The van der Waals surface area contributed by atoms with Gasteiger partial charge in [-0.1, -0.05) is 43.3 Å². The maximum Gasteiger partial charge on any atom is 0.414 e. The lowest BCUT2D eigenvalue weighted by Gasteiger charge is -2.10. The molecule has 3 N–H and O–H groups in total. The largest absolute Gasteiger partial charge is 0.473 e. The van der Waals surface area contributed by atoms with Crippen LogP contribution in [0.1, 0.15) is 29.2 Å². The molecule has 0 unspecified atom stereocenters. The number of aryl methyl sites for hydroxylation is 3. The number of rotatable bonds is 5. The molecule has 0 amide bonds. The number of hydrogen-bond acceptors (Lipinski definition) is 4. The van der Waals surface area contributed by atoms with Crippen molar-refractivity contribution in [1.29, 1.82) is 0 Å². The molecule has 3 aromatic rings. The number of benzene rings is 2. The SMILES string of the molecule is CCc1ccc(CNc2ncc(-c3ccc(C)c(C)c3)n2C)cc1.O=C(O)C(=O)O. The highest BCUT2D eigenvalue weighted by atomic mass is 16.4. The molecule has 0 spiro atoms. The second kappa shape index (κ2) is 10.2. The second-order valence-electron chi connectivity index (χ2n) is 6.96. The van der Waals surface area contributed by atoms with E-state index in [1.807, 2.05) is 6.20 Å². The van der Waals surface area contributed by atoms with E-state index in [1.54, 1.807) is 0 Å². The van der Waals surface area contributed by atoms with Gasteiger partial charge < -0.3 is 20.1 Å². The molecule has 0 aliphatic heterocycles. The molecule has 7 heteroatoms. The maximum atomic E-state index is 9.10. The number of imidazole rings is 1. The van der Waals surface area contributed by atoms with E-state index in [1.165, 1.54) is 27.8 Å². The van der Waals surface area contributed by atoms with E-state index in [4.69, 9.17) is 19.8 Å². The Labute approximate surface area is 176 Å². The first kappa shape index (κ1) is 22.7. The molecule has 0 aliphatic carbocycles. The predicted molar refractivity (Wildman–Crippen MR) is 117 cm³/mol. The molecule has 0 fully saturated rings. The normalized spacial score (nSPS) is 10.1. The molecule has 0 radical (unpaired) electrons. The van der Waals surface area contributed by atoms with Gasteiger partial charge in [0.25, 0.3) is 0 Å². The Balaban J connectivity index is 0.000000469. The molecular weight excluding hydrogens is 382 g/mol. The molecule has 1 heterocycles. The Kier molecular flexibility index (Phi) is 7.75. The number of nitrogens with one attached hydrogen (secondary N) is 1. The first-order valence-electron chi connectivity index (χ1n) is 9.60. The molecule has 0 bridgehead atoms. The van der Waals surface area contributed by atoms with Crippen molar-refractivity contribution in [3.05, 3.63) is 70.9 Å². The smallest absolute Gasteiger partial charge is 0.414 e. The Morgan fingerprint density at radius 3 is 2.10 bits per heavy atom. The number of nitrogens with zero attached hydrogens (tertiary/aromatic N) is 2. The number of aromatic nitrogens is 2. The minimum atomic E-state index is -1.82. The molecule has 0 atom stereocenters. The average Bonchev–Trinajstić information content (AvgIpc) is 3.09. The third kappa shape index (κ3) is 5.94. The molecule has 0 saturated carbocycles. The van der Waals surface area contributed by atoms with Gasteiger partial charge in [-0.25, -0.2) is 14.6 Å². The summed E-state index contributed by atoms with van der Waals surface area (Å²) in [5, 5.41) is 18.2. The van der Waals surface area contributed by atoms with Crippen molar-refractivity contribution in [2.45, 2.75) is 33.7 Å². The number of aliphatic carboxylic acids is 2. The Morgan fingerprint density at radius 1 is 0.967 bits per heavy atom. The van der Waals surface area contributed by atoms with Gasteiger partial charge in [-0.15, -0.1) is 0 Å². The Hall–Kier alpha value is -3.61. The van der Waals surface area contributed by atoms with E-state index in [-0.39, 0.29) is 0 Å². The van der Waals surface area contributed by atoms with Crippen LogP contribution in [-0.2, 0) is 29.6 Å². The van der Waals surface area contributed by atoms with E-state index >= 15 is 0 Å². The number of hydrogen-bond donors (Lipinski definition) is 3. The standard InChI is InChI=1S/C21H25N3.C2H2O4/c1-5-17-7-9-18(10-8-17)13-22-21-23-14-20(24(21)4)19-11-6-15(2)16(3)12-19;3-1(4)2(5)6/h6-12,14H,5,13H2,1-4H3,(H,22,23);(H,3,4)(H,5,6). The van der Waals surface area contributed by atoms with Gasteiger partial charge in [-0.3, -0.25) is 0 Å². The van der Waals surface area contributed by atoms with Crippen molar-refractivity contribution in [3.8, 4) is 11.3 Å². The minimum Gasteiger partial charge on any atom is -0.473 e. The van der Waals surface area contributed by atoms with E-state index in [0.29, 0.717) is 0 Å². The lowest BCUT2D eigenvalue weighted by atomic mass is 10.0. The fourth-order valence-corrected chi connectivity index (χ4v) is 2.82. The summed E-state index contributed by atoms with van der Waals surface area (Å²) >= 11 is 0. The van der Waals surface area contributed by atoms with Crippen LogP contribution >= 0.6 is 0 Å². The van der Waals surface area contributed by atoms with Gasteiger partial charge in [0.1, 0.15) is 0 Å². The van der Waals surface area contributed by atoms with Crippen LogP contribution < -0.4 is 5.32 Å². The quantitative estimate of drug-likeness (QED) is 0.550. The maximum absolute atomic E-state index is 9.10. The number of anilines is 1. The summed E-state index contributed by atoms with van der Waals surface area (Å²) < 4.78 is 2.12. The van der Waals surface area contributed by atoms with Crippen LogP contribution in [0.25, 0.3) is 11.3 Å². The van der Waals surface area contributed by atoms with Crippen LogP contribution in [0.2, 0.25) is 0 Å². The van der Waals surface area contributed by atoms with E-state index < -0.39 is 11.9 Å². The van der Waals surface area contributed by atoms with Crippen LogP contribution in [-0.4, -0.2) is 31.7 Å². The Bertz CT molecular complexity index is 1010. The zero-order chi connectivity index (χ0) is 22.3. The van der Waals surface area contributed by atoms with Gasteiger partial charge in [0, 0.05) is 19.2 Å². The lowest BCUT2D eigenvalue weighted by molar-refractivity contribution is -0.159. The Morgan fingerprint density at radius 2 is 1.57 bits per heavy atom. The zero-order valence-corrected chi connectivity index (χ0v) is 17.6. The van der Waals surface area contributed by atoms with Crippen molar-refractivity contribution in [3.63, 3.8) is 0 Å². The highest BCUT2D eigenvalue weighted by Gasteiger charge is 2.09. The second-order valence-corrected chi connectivity index (χ2v) is 6.96. The number of carbonyl (C=O) groups is 2. The first-order valence-corrected chi connectivity index (χ1v) is 9.60. The molecule has 30 heavy (non-hydrogen) atoms. The number of carboxylic acid groups (broad SMARTS) is 2. The zero-order valence-electron chi connectivity index (χ0n) is 17.6. The highest BCUT2D eigenvalue weighted by Crippen LogP contribution is 2.24. The fraction of sp³-hybridized carbons (Fsp3) is 0.261. The minimum absolute atomic E-state index is 0.779. The predicted octanol–water partition coefficient (Wildman–Crippen LogP) is 4.03. The molecule has 0 aliphatic rings. The van der Waals surface area contributed by atoms with Crippen molar-refractivity contribution in [2.24, 2.45) is 7.05 Å². The van der Waals surface area contributed by atoms with E-state index in [9.17, 15) is 0 Å². The summed E-state index contributed by atoms with van der Waals surface area (Å²) in [5.74, 6) is -2.76. The molecule has 158 valence electrons. The summed E-state index contributed by atoms with van der Waals surface area (Å²) in [4.78, 5) is 22.7. The van der Waals surface area contributed by atoms with Crippen LogP contribution in [0, 0.1) is 13.8 Å². The van der Waals surface area contributed by atoms with E-state index in [2.05, 4.69) is 85.2 Å². The van der Waals surface area contributed by atoms with Gasteiger partial charge >= 0.3 is 11.9 Å². The lowest BCUT2D eigenvalue weighted by Crippen LogP contribution is -2.09. The molecule has 2 aromatic carbocycles. The summed E-state index contributed by atoms with van der Waals surface area (Å²) in [6, 6.07) is 15.3. The van der Waals surface area contributed by atoms with Crippen LogP contribution in [0.5, 0.6) is 0 Å². The molecular formula is C23H27N3O4. The fourth-order valence-electron chi connectivity index (χ4n) is 2.82. The number of carboxylic acids is 2. The van der Waals surface area contributed by atoms with Crippen molar-refractivity contribution in [1.82, 2.24) is 9.55 Å². The van der Waals surface area contributed by atoms with Crippen LogP contribution in [0.4, 0.5) is 5.95 Å². The highest BCUT2D eigenvalue weighted by molar-refractivity contribution is 6.27.